The van der Waals surface area contributed by atoms with Gasteiger partial charge in [-0.3, -0.25) is 9.80 Å². The zero-order chi connectivity index (χ0) is 15.2. The predicted molar refractivity (Wildman–Crippen MR) is 93.0 cm³/mol. The number of aryl methyl sites for hydroxylation is 1. The van der Waals surface area contributed by atoms with Crippen molar-refractivity contribution >= 4 is 11.3 Å². The summed E-state index contributed by atoms with van der Waals surface area (Å²) >= 11 is 1.95. The second-order valence-corrected chi connectivity index (χ2v) is 7.48. The molecule has 1 aromatic heterocycles. The summed E-state index contributed by atoms with van der Waals surface area (Å²) in [6.45, 7) is 17.1. The second-order valence-electron chi connectivity index (χ2n) is 6.14. The SMILES string of the molecule is CCNCc1cc(CN2CCN(C(C)CC)CC2)c(C)s1. The fourth-order valence-corrected chi connectivity index (χ4v) is 3.96. The number of thiophene rings is 1. The van der Waals surface area contributed by atoms with E-state index < -0.39 is 0 Å². The average molecular weight is 310 g/mol. The van der Waals surface area contributed by atoms with Gasteiger partial charge in [-0.1, -0.05) is 13.8 Å². The first kappa shape index (κ1) is 16.9. The van der Waals surface area contributed by atoms with Crippen LogP contribution in [0.25, 0.3) is 0 Å². The van der Waals surface area contributed by atoms with Crippen LogP contribution in [0.3, 0.4) is 0 Å². The molecule has 0 aromatic carbocycles. The number of nitrogens with one attached hydrogen (secondary N) is 1. The standard InChI is InChI=1S/C17H31N3S/c1-5-14(3)20-9-7-19(8-10-20)13-16-11-17(12-18-6-2)21-15(16)4/h11,14,18H,5-10,12-13H2,1-4H3. The molecule has 21 heavy (non-hydrogen) atoms. The van der Waals surface area contributed by atoms with E-state index in [1.165, 1.54) is 47.9 Å². The van der Waals surface area contributed by atoms with Gasteiger partial charge in [0.15, 0.2) is 0 Å². The van der Waals surface area contributed by atoms with Crippen LogP contribution >= 0.6 is 11.3 Å². The lowest BCUT2D eigenvalue weighted by Gasteiger charge is -2.37. The van der Waals surface area contributed by atoms with Crippen LogP contribution in [-0.4, -0.2) is 48.6 Å². The van der Waals surface area contributed by atoms with Gasteiger partial charge in [0.25, 0.3) is 0 Å². The Bertz CT molecular complexity index is 422. The summed E-state index contributed by atoms with van der Waals surface area (Å²) in [5, 5.41) is 3.42. The van der Waals surface area contributed by atoms with Gasteiger partial charge in [-0.15, -0.1) is 11.3 Å². The molecule has 1 fully saturated rings. The van der Waals surface area contributed by atoms with E-state index in [9.17, 15) is 0 Å². The molecular formula is C17H31N3S. The number of piperazine rings is 1. The molecule has 2 heterocycles. The normalized spacial score (nSPS) is 19.0. The molecule has 1 atom stereocenters. The van der Waals surface area contributed by atoms with Crippen molar-refractivity contribution in [3.63, 3.8) is 0 Å². The van der Waals surface area contributed by atoms with Gasteiger partial charge in [-0.05, 0) is 38.4 Å². The van der Waals surface area contributed by atoms with Crippen LogP contribution in [0, 0.1) is 6.92 Å². The number of rotatable bonds is 7. The Balaban J connectivity index is 1.84. The van der Waals surface area contributed by atoms with Crippen molar-refractivity contribution < 1.29 is 0 Å². The third-order valence-corrected chi connectivity index (χ3v) is 5.73. The smallest absolute Gasteiger partial charge is 0.0299 e. The molecule has 1 N–H and O–H groups in total. The minimum absolute atomic E-state index is 0.738. The van der Waals surface area contributed by atoms with Gasteiger partial charge in [0.2, 0.25) is 0 Å². The topological polar surface area (TPSA) is 18.5 Å². The van der Waals surface area contributed by atoms with Crippen molar-refractivity contribution in [1.82, 2.24) is 15.1 Å². The van der Waals surface area contributed by atoms with Crippen LogP contribution in [-0.2, 0) is 13.1 Å². The molecule has 4 heteroatoms. The van der Waals surface area contributed by atoms with Gasteiger partial charge >= 0.3 is 0 Å². The van der Waals surface area contributed by atoms with Crippen LogP contribution < -0.4 is 5.32 Å². The molecule has 1 saturated heterocycles. The maximum Gasteiger partial charge on any atom is 0.0299 e. The van der Waals surface area contributed by atoms with Gasteiger partial charge in [-0.2, -0.15) is 0 Å². The predicted octanol–water partition coefficient (Wildman–Crippen LogP) is 3.08. The molecule has 0 spiro atoms. The molecule has 0 amide bonds. The Morgan fingerprint density at radius 1 is 1.24 bits per heavy atom. The van der Waals surface area contributed by atoms with Crippen LogP contribution in [0.15, 0.2) is 6.07 Å². The molecule has 3 nitrogen and oxygen atoms in total. The Kier molecular flexibility index (Phi) is 6.68. The zero-order valence-corrected chi connectivity index (χ0v) is 14.9. The molecule has 1 aliphatic heterocycles. The van der Waals surface area contributed by atoms with Gasteiger partial charge in [0, 0.05) is 55.1 Å². The highest BCUT2D eigenvalue weighted by Gasteiger charge is 2.20. The van der Waals surface area contributed by atoms with E-state index in [1.54, 1.807) is 0 Å². The van der Waals surface area contributed by atoms with Crippen molar-refractivity contribution in [3.8, 4) is 0 Å². The van der Waals surface area contributed by atoms with Crippen molar-refractivity contribution in [1.29, 1.82) is 0 Å². The summed E-state index contributed by atoms with van der Waals surface area (Å²) in [6, 6.07) is 3.14. The van der Waals surface area contributed by atoms with Crippen LogP contribution in [0.2, 0.25) is 0 Å². The highest BCUT2D eigenvalue weighted by atomic mass is 32.1. The van der Waals surface area contributed by atoms with E-state index in [4.69, 9.17) is 0 Å². The second kappa shape index (κ2) is 8.28. The third kappa shape index (κ3) is 4.78. The van der Waals surface area contributed by atoms with Crippen molar-refractivity contribution in [2.24, 2.45) is 0 Å². The Hall–Kier alpha value is -0.420. The summed E-state index contributed by atoms with van der Waals surface area (Å²) in [7, 11) is 0. The maximum absolute atomic E-state index is 3.42. The van der Waals surface area contributed by atoms with Gasteiger partial charge in [0.05, 0.1) is 0 Å². The molecule has 1 aromatic rings. The van der Waals surface area contributed by atoms with Crippen molar-refractivity contribution in [2.75, 3.05) is 32.7 Å². The first-order chi connectivity index (χ1) is 10.1. The van der Waals surface area contributed by atoms with E-state index in [-0.39, 0.29) is 0 Å². The summed E-state index contributed by atoms with van der Waals surface area (Å²) in [6.07, 6.45) is 1.26. The largest absolute Gasteiger partial charge is 0.312 e. The lowest BCUT2D eigenvalue weighted by atomic mass is 10.1. The Morgan fingerprint density at radius 2 is 1.95 bits per heavy atom. The molecule has 120 valence electrons. The molecule has 0 saturated carbocycles. The van der Waals surface area contributed by atoms with Gasteiger partial charge in [0.1, 0.15) is 0 Å². The molecule has 1 aliphatic rings. The fourth-order valence-electron chi connectivity index (χ4n) is 2.94. The van der Waals surface area contributed by atoms with E-state index in [0.717, 1.165) is 25.7 Å². The first-order valence-electron chi connectivity index (χ1n) is 8.39. The molecule has 2 rings (SSSR count). The minimum atomic E-state index is 0.738. The van der Waals surface area contributed by atoms with Crippen LogP contribution in [0.1, 0.15) is 42.5 Å². The fraction of sp³-hybridized carbons (Fsp3) is 0.765. The molecule has 0 bridgehead atoms. The number of hydrogen-bond acceptors (Lipinski definition) is 4. The molecule has 1 unspecified atom stereocenters. The summed E-state index contributed by atoms with van der Waals surface area (Å²) in [4.78, 5) is 8.22. The highest BCUT2D eigenvalue weighted by molar-refractivity contribution is 7.12. The molecule has 0 aliphatic carbocycles. The summed E-state index contributed by atoms with van der Waals surface area (Å²) in [5.74, 6) is 0. The quantitative estimate of drug-likeness (QED) is 0.835. The molecular weight excluding hydrogens is 278 g/mol. The first-order valence-corrected chi connectivity index (χ1v) is 9.21. The third-order valence-electron chi connectivity index (χ3n) is 4.64. The number of nitrogens with zero attached hydrogens (tertiary/aromatic N) is 2. The van der Waals surface area contributed by atoms with Gasteiger partial charge in [-0.25, -0.2) is 0 Å². The van der Waals surface area contributed by atoms with Crippen molar-refractivity contribution in [3.05, 3.63) is 21.4 Å². The highest BCUT2D eigenvalue weighted by Crippen LogP contribution is 2.23. The number of hydrogen-bond donors (Lipinski definition) is 1. The monoisotopic (exact) mass is 309 g/mol. The lowest BCUT2D eigenvalue weighted by Crippen LogP contribution is -2.49. The lowest BCUT2D eigenvalue weighted by molar-refractivity contribution is 0.0963. The van der Waals surface area contributed by atoms with E-state index in [2.05, 4.69) is 48.9 Å². The maximum atomic E-state index is 3.42. The van der Waals surface area contributed by atoms with E-state index in [1.807, 2.05) is 11.3 Å². The van der Waals surface area contributed by atoms with Gasteiger partial charge < -0.3 is 5.32 Å². The Labute approximate surface area is 134 Å². The van der Waals surface area contributed by atoms with Crippen LogP contribution in [0.4, 0.5) is 0 Å². The molecule has 0 radical (unpaired) electrons. The summed E-state index contributed by atoms with van der Waals surface area (Å²) in [5.41, 5.74) is 1.53. The zero-order valence-electron chi connectivity index (χ0n) is 14.1. The van der Waals surface area contributed by atoms with Crippen LogP contribution in [0.5, 0.6) is 0 Å². The average Bonchev–Trinajstić information content (AvgIpc) is 2.85. The van der Waals surface area contributed by atoms with Crippen molar-refractivity contribution in [2.45, 2.75) is 53.2 Å². The Morgan fingerprint density at radius 3 is 2.57 bits per heavy atom. The van der Waals surface area contributed by atoms with E-state index >= 15 is 0 Å². The summed E-state index contributed by atoms with van der Waals surface area (Å²) < 4.78 is 0. The van der Waals surface area contributed by atoms with E-state index in [0.29, 0.717) is 0 Å². The minimum Gasteiger partial charge on any atom is -0.312 e.